The number of rotatable bonds is 5. The minimum atomic E-state index is -2.94. The number of Topliss-reactive ketones (excluding diaryl/α,β-unsaturated/α-hetero) is 1. The molecule has 0 amide bonds. The Hall–Kier alpha value is -1.36. The van der Waals surface area contributed by atoms with Crippen molar-refractivity contribution in [2.24, 2.45) is 0 Å². The lowest BCUT2D eigenvalue weighted by molar-refractivity contribution is 0.0971. The molecule has 1 aliphatic carbocycles. The third-order valence-electron chi connectivity index (χ3n) is 3.18. The minimum absolute atomic E-state index is 0.126. The molecule has 0 aliphatic heterocycles. The molecule has 0 heterocycles. The summed E-state index contributed by atoms with van der Waals surface area (Å²) in [5, 5.41) is 0. The van der Waals surface area contributed by atoms with Crippen molar-refractivity contribution in [2.75, 3.05) is 18.6 Å². The Bertz CT molecular complexity index is 575. The molecule has 104 valence electrons. The molecule has 0 aromatic heterocycles. The van der Waals surface area contributed by atoms with Crippen molar-refractivity contribution in [1.29, 1.82) is 0 Å². The molecular formula is C14H18O4S. The zero-order valence-corrected chi connectivity index (χ0v) is 11.8. The van der Waals surface area contributed by atoms with Gasteiger partial charge in [-0.15, -0.1) is 0 Å². The minimum Gasteiger partial charge on any atom is -0.493 e. The van der Waals surface area contributed by atoms with Gasteiger partial charge in [0.25, 0.3) is 0 Å². The number of hydrogen-bond donors (Lipinski definition) is 0. The van der Waals surface area contributed by atoms with E-state index in [9.17, 15) is 13.2 Å². The lowest BCUT2D eigenvalue weighted by Gasteiger charge is -2.18. The first-order valence-corrected chi connectivity index (χ1v) is 8.49. The molecule has 0 unspecified atom stereocenters. The maximum atomic E-state index is 11.8. The molecule has 0 bridgehead atoms. The lowest BCUT2D eigenvalue weighted by atomic mass is 9.90. The van der Waals surface area contributed by atoms with E-state index in [2.05, 4.69) is 0 Å². The summed E-state index contributed by atoms with van der Waals surface area (Å²) in [5.41, 5.74) is 1.73. The monoisotopic (exact) mass is 282 g/mol. The van der Waals surface area contributed by atoms with Crippen LogP contribution in [0.5, 0.6) is 5.75 Å². The van der Waals surface area contributed by atoms with Gasteiger partial charge in [0.1, 0.15) is 15.6 Å². The summed E-state index contributed by atoms with van der Waals surface area (Å²) in [6, 6.07) is 5.49. The van der Waals surface area contributed by atoms with Crippen LogP contribution < -0.4 is 4.74 Å². The van der Waals surface area contributed by atoms with Crippen LogP contribution in [0.2, 0.25) is 0 Å². The Kier molecular flexibility index (Phi) is 4.24. The van der Waals surface area contributed by atoms with Crippen LogP contribution in [-0.2, 0) is 16.3 Å². The molecule has 0 fully saturated rings. The SMILES string of the molecule is CS(=O)(=O)CCCOc1cccc2c1CCCC2=O. The first kappa shape index (κ1) is 14.1. The Labute approximate surface area is 113 Å². The second-order valence-electron chi connectivity index (χ2n) is 4.89. The molecule has 1 aliphatic rings. The summed E-state index contributed by atoms with van der Waals surface area (Å²) in [6.45, 7) is 0.359. The van der Waals surface area contributed by atoms with E-state index < -0.39 is 9.84 Å². The summed E-state index contributed by atoms with van der Waals surface area (Å²) in [5.74, 6) is 1.02. The fraction of sp³-hybridized carbons (Fsp3) is 0.500. The largest absolute Gasteiger partial charge is 0.493 e. The second kappa shape index (κ2) is 5.74. The van der Waals surface area contributed by atoms with Gasteiger partial charge in [-0.2, -0.15) is 0 Å². The van der Waals surface area contributed by atoms with Gasteiger partial charge in [0.15, 0.2) is 5.78 Å². The molecule has 1 aromatic rings. The van der Waals surface area contributed by atoms with Crippen LogP contribution in [0.15, 0.2) is 18.2 Å². The number of benzene rings is 1. The van der Waals surface area contributed by atoms with Gasteiger partial charge in [-0.3, -0.25) is 4.79 Å². The van der Waals surface area contributed by atoms with E-state index in [0.717, 1.165) is 29.7 Å². The van der Waals surface area contributed by atoms with Gasteiger partial charge in [-0.25, -0.2) is 8.42 Å². The average Bonchev–Trinajstić information content (AvgIpc) is 2.34. The zero-order chi connectivity index (χ0) is 13.9. The van der Waals surface area contributed by atoms with E-state index in [-0.39, 0.29) is 11.5 Å². The van der Waals surface area contributed by atoms with Crippen LogP contribution in [0.25, 0.3) is 0 Å². The molecule has 0 saturated heterocycles. The Morgan fingerprint density at radius 2 is 2.05 bits per heavy atom. The van der Waals surface area contributed by atoms with E-state index in [1.807, 2.05) is 18.2 Å². The number of fused-ring (bicyclic) bond motifs is 1. The lowest BCUT2D eigenvalue weighted by Crippen LogP contribution is -2.13. The van der Waals surface area contributed by atoms with Gasteiger partial charge in [-0.1, -0.05) is 12.1 Å². The highest BCUT2D eigenvalue weighted by Crippen LogP contribution is 2.29. The molecular weight excluding hydrogens is 264 g/mol. The van der Waals surface area contributed by atoms with Gasteiger partial charge in [0, 0.05) is 23.8 Å². The molecule has 4 nitrogen and oxygen atoms in total. The van der Waals surface area contributed by atoms with Gasteiger partial charge >= 0.3 is 0 Å². The second-order valence-corrected chi connectivity index (χ2v) is 7.15. The highest BCUT2D eigenvalue weighted by atomic mass is 32.2. The molecule has 1 aromatic carbocycles. The summed E-state index contributed by atoms with van der Waals surface area (Å²) in [4.78, 5) is 11.8. The first-order chi connectivity index (χ1) is 8.97. The maximum Gasteiger partial charge on any atom is 0.163 e. The number of ether oxygens (including phenoxy) is 1. The Balaban J connectivity index is 2.01. The molecule has 0 atom stereocenters. The van der Waals surface area contributed by atoms with Crippen molar-refractivity contribution in [1.82, 2.24) is 0 Å². The van der Waals surface area contributed by atoms with Crippen LogP contribution in [0.4, 0.5) is 0 Å². The normalized spacial score (nSPS) is 15.1. The third kappa shape index (κ3) is 3.80. The van der Waals surface area contributed by atoms with Crippen LogP contribution in [0.3, 0.4) is 0 Å². The van der Waals surface area contributed by atoms with Crippen LogP contribution >= 0.6 is 0 Å². The topological polar surface area (TPSA) is 60.4 Å². The van der Waals surface area contributed by atoms with Crippen molar-refractivity contribution in [3.8, 4) is 5.75 Å². The molecule has 2 rings (SSSR count). The smallest absolute Gasteiger partial charge is 0.163 e. The Morgan fingerprint density at radius 1 is 1.26 bits per heavy atom. The first-order valence-electron chi connectivity index (χ1n) is 6.43. The molecule has 5 heteroatoms. The number of hydrogen-bond acceptors (Lipinski definition) is 4. The van der Waals surface area contributed by atoms with Crippen molar-refractivity contribution in [3.05, 3.63) is 29.3 Å². The fourth-order valence-electron chi connectivity index (χ4n) is 2.28. The van der Waals surface area contributed by atoms with Crippen LogP contribution in [0, 0.1) is 0 Å². The van der Waals surface area contributed by atoms with Gasteiger partial charge in [0.05, 0.1) is 12.4 Å². The number of ketones is 1. The van der Waals surface area contributed by atoms with Gasteiger partial charge in [-0.05, 0) is 25.3 Å². The van der Waals surface area contributed by atoms with Crippen molar-refractivity contribution >= 4 is 15.6 Å². The number of carbonyl (C=O) groups excluding carboxylic acids is 1. The van der Waals surface area contributed by atoms with Crippen LogP contribution in [0.1, 0.15) is 35.2 Å². The molecule has 0 N–H and O–H groups in total. The standard InChI is InChI=1S/C14H18O4S/c1-19(16,17)10-4-9-18-14-8-3-5-11-12(14)6-2-7-13(11)15/h3,5,8H,2,4,6-7,9-10H2,1H3. The highest BCUT2D eigenvalue weighted by molar-refractivity contribution is 7.90. The van der Waals surface area contributed by atoms with Gasteiger partial charge < -0.3 is 4.74 Å². The summed E-state index contributed by atoms with van der Waals surface area (Å²) >= 11 is 0. The maximum absolute atomic E-state index is 11.8. The van der Waals surface area contributed by atoms with Crippen molar-refractivity contribution in [3.63, 3.8) is 0 Å². The van der Waals surface area contributed by atoms with Crippen molar-refractivity contribution < 1.29 is 17.9 Å². The van der Waals surface area contributed by atoms with E-state index in [1.54, 1.807) is 0 Å². The van der Waals surface area contributed by atoms with Crippen molar-refractivity contribution in [2.45, 2.75) is 25.7 Å². The molecule has 19 heavy (non-hydrogen) atoms. The predicted octanol–water partition coefficient (Wildman–Crippen LogP) is 2.02. The zero-order valence-electron chi connectivity index (χ0n) is 11.0. The average molecular weight is 282 g/mol. The predicted molar refractivity (Wildman–Crippen MR) is 73.5 cm³/mol. The van der Waals surface area contributed by atoms with Crippen LogP contribution in [-0.4, -0.2) is 32.8 Å². The van der Waals surface area contributed by atoms with E-state index in [1.165, 1.54) is 6.26 Å². The molecule has 0 saturated carbocycles. The summed E-state index contributed by atoms with van der Waals surface area (Å²) in [7, 11) is -2.94. The fourth-order valence-corrected chi connectivity index (χ4v) is 2.93. The highest BCUT2D eigenvalue weighted by Gasteiger charge is 2.20. The molecule has 0 spiro atoms. The summed E-state index contributed by atoms with van der Waals surface area (Å²) < 4.78 is 27.7. The summed E-state index contributed by atoms with van der Waals surface area (Å²) in [6.07, 6.45) is 4.00. The number of carbonyl (C=O) groups is 1. The molecule has 0 radical (unpaired) electrons. The quantitative estimate of drug-likeness (QED) is 0.775. The third-order valence-corrected chi connectivity index (χ3v) is 4.21. The van der Waals surface area contributed by atoms with Gasteiger partial charge in [0.2, 0.25) is 0 Å². The Morgan fingerprint density at radius 3 is 2.79 bits per heavy atom. The van der Waals surface area contributed by atoms with E-state index >= 15 is 0 Å². The number of sulfone groups is 1. The van der Waals surface area contributed by atoms with E-state index in [4.69, 9.17) is 4.74 Å². The van der Waals surface area contributed by atoms with E-state index in [0.29, 0.717) is 19.4 Å².